The zero-order valence-corrected chi connectivity index (χ0v) is 10.5. The lowest BCUT2D eigenvalue weighted by Crippen LogP contribution is -2.04. The molecular weight excluding hydrogens is 280 g/mol. The molecule has 10 heteroatoms. The second-order valence-corrected chi connectivity index (χ2v) is 3.83. The lowest BCUT2D eigenvalue weighted by molar-refractivity contribution is -0.383. The van der Waals surface area contributed by atoms with E-state index in [0.29, 0.717) is 5.56 Å². The van der Waals surface area contributed by atoms with Crippen LogP contribution in [0.25, 0.3) is 0 Å². The van der Waals surface area contributed by atoms with Gasteiger partial charge in [-0.3, -0.25) is 15.5 Å². The Kier molecular flexibility index (Phi) is 3.79. The summed E-state index contributed by atoms with van der Waals surface area (Å²) in [6, 6.07) is 3.90. The van der Waals surface area contributed by atoms with Crippen LogP contribution in [0.15, 0.2) is 29.6 Å². The molecule has 0 amide bonds. The number of hydrogen-bond donors (Lipinski definition) is 4. The largest absolute Gasteiger partial charge is 0.508 e. The summed E-state index contributed by atoms with van der Waals surface area (Å²) in [6.07, 6.45) is 2.26. The third kappa shape index (κ3) is 3.12. The molecule has 1 aromatic heterocycles. The van der Waals surface area contributed by atoms with Gasteiger partial charge in [-0.1, -0.05) is 0 Å². The quantitative estimate of drug-likeness (QED) is 0.365. The van der Waals surface area contributed by atoms with Gasteiger partial charge in [-0.25, -0.2) is 9.97 Å². The van der Waals surface area contributed by atoms with E-state index in [2.05, 4.69) is 20.5 Å². The number of anilines is 2. The molecule has 1 aromatic carbocycles. The van der Waals surface area contributed by atoms with E-state index in [0.717, 1.165) is 12.4 Å². The van der Waals surface area contributed by atoms with Crippen LogP contribution in [-0.4, -0.2) is 31.3 Å². The highest BCUT2D eigenvalue weighted by Gasteiger charge is 2.20. The smallest absolute Gasteiger partial charge is 0.354 e. The van der Waals surface area contributed by atoms with E-state index in [1.807, 2.05) is 0 Å². The highest BCUT2D eigenvalue weighted by Crippen LogP contribution is 2.26. The predicted octanol–water partition coefficient (Wildman–Crippen LogP) is 0.824. The molecule has 5 N–H and O–H groups in total. The summed E-state index contributed by atoms with van der Waals surface area (Å²) in [5.74, 6) is -0.767. The number of nitrogens with zero attached hydrogens (tertiary/aromatic N) is 4. The summed E-state index contributed by atoms with van der Waals surface area (Å²) in [6.45, 7) is 0. The molecule has 0 aliphatic carbocycles. The molecule has 0 unspecified atom stereocenters. The van der Waals surface area contributed by atoms with Gasteiger partial charge in [0.1, 0.15) is 17.8 Å². The molecule has 21 heavy (non-hydrogen) atoms. The van der Waals surface area contributed by atoms with Gasteiger partial charge in [0.2, 0.25) is 11.6 Å². The van der Waals surface area contributed by atoms with Crippen LogP contribution >= 0.6 is 0 Å². The van der Waals surface area contributed by atoms with Crippen molar-refractivity contribution in [1.29, 1.82) is 0 Å². The van der Waals surface area contributed by atoms with Gasteiger partial charge in [-0.05, 0) is 12.1 Å². The van der Waals surface area contributed by atoms with E-state index in [1.54, 1.807) is 0 Å². The number of nitrogens with two attached hydrogens (primary N) is 1. The molecule has 1 heterocycles. The number of aromatic nitrogens is 2. The van der Waals surface area contributed by atoms with Gasteiger partial charge in [0.25, 0.3) is 0 Å². The Hall–Kier alpha value is -3.43. The summed E-state index contributed by atoms with van der Waals surface area (Å²) >= 11 is 0. The maximum absolute atomic E-state index is 10.9. The van der Waals surface area contributed by atoms with E-state index < -0.39 is 10.6 Å². The Morgan fingerprint density at radius 2 is 2.14 bits per heavy atom. The van der Waals surface area contributed by atoms with Gasteiger partial charge in [-0.15, -0.1) is 0 Å². The highest BCUT2D eigenvalue weighted by molar-refractivity contribution is 5.84. The molecule has 0 radical (unpaired) electrons. The van der Waals surface area contributed by atoms with Crippen molar-refractivity contribution < 1.29 is 15.1 Å². The Morgan fingerprint density at radius 3 is 2.81 bits per heavy atom. The second-order valence-electron chi connectivity index (χ2n) is 3.83. The van der Waals surface area contributed by atoms with Crippen LogP contribution in [0.5, 0.6) is 11.5 Å². The number of benzene rings is 1. The van der Waals surface area contributed by atoms with Crippen LogP contribution in [0.2, 0.25) is 0 Å². The van der Waals surface area contributed by atoms with Gasteiger partial charge in [-0.2, -0.15) is 5.10 Å². The van der Waals surface area contributed by atoms with Crippen LogP contribution in [-0.2, 0) is 0 Å². The first-order valence-electron chi connectivity index (χ1n) is 5.55. The monoisotopic (exact) mass is 290 g/mol. The minimum Gasteiger partial charge on any atom is -0.508 e. The maximum atomic E-state index is 10.9. The molecule has 0 saturated heterocycles. The van der Waals surface area contributed by atoms with Crippen LogP contribution in [0, 0.1) is 10.1 Å². The molecule has 0 aliphatic heterocycles. The fourth-order valence-corrected chi connectivity index (χ4v) is 1.46. The van der Waals surface area contributed by atoms with E-state index in [9.17, 15) is 15.2 Å². The maximum Gasteiger partial charge on any atom is 0.354 e. The standard InChI is InChI=1S/C11H10N6O4/c12-10-9(17(20)21)11(14-5-13-10)16-15-4-6-1-2-7(18)3-8(6)19/h1-5,18-19H,(H3,12,13,14,16)/b15-4+. The Morgan fingerprint density at radius 1 is 1.38 bits per heavy atom. The van der Waals surface area contributed by atoms with Gasteiger partial charge in [0.15, 0.2) is 0 Å². The Bertz CT molecular complexity index is 718. The second kappa shape index (κ2) is 5.69. The average Bonchev–Trinajstić information content (AvgIpc) is 2.41. The molecule has 108 valence electrons. The molecule has 0 spiro atoms. The van der Waals surface area contributed by atoms with Crippen LogP contribution in [0.4, 0.5) is 17.3 Å². The number of phenolic OH excluding ortho intramolecular Hbond substituents is 2. The zero-order chi connectivity index (χ0) is 15.4. The lowest BCUT2D eigenvalue weighted by Gasteiger charge is -2.02. The first-order chi connectivity index (χ1) is 9.99. The minimum absolute atomic E-state index is 0.100. The SMILES string of the molecule is Nc1ncnc(N/N=C/c2ccc(O)cc2O)c1[N+](=O)[O-]. The van der Waals surface area contributed by atoms with Crippen LogP contribution in [0.3, 0.4) is 0 Å². The molecule has 0 bridgehead atoms. The molecule has 0 fully saturated rings. The van der Waals surface area contributed by atoms with Gasteiger partial charge >= 0.3 is 5.69 Å². The molecule has 0 aliphatic rings. The van der Waals surface area contributed by atoms with Crippen molar-refractivity contribution in [2.24, 2.45) is 5.10 Å². The Balaban J connectivity index is 2.22. The minimum atomic E-state index is -0.731. The topological polar surface area (TPSA) is 160 Å². The third-order valence-electron chi connectivity index (χ3n) is 2.42. The summed E-state index contributed by atoms with van der Waals surface area (Å²) in [4.78, 5) is 17.3. The number of hydrogen-bond acceptors (Lipinski definition) is 9. The normalized spacial score (nSPS) is 10.7. The van der Waals surface area contributed by atoms with Crippen molar-refractivity contribution in [1.82, 2.24) is 9.97 Å². The van der Waals surface area contributed by atoms with Crippen LogP contribution in [0.1, 0.15) is 5.56 Å². The van der Waals surface area contributed by atoms with Crippen molar-refractivity contribution in [3.05, 3.63) is 40.2 Å². The van der Waals surface area contributed by atoms with Gasteiger partial charge in [0.05, 0.1) is 11.1 Å². The summed E-state index contributed by atoms with van der Waals surface area (Å²) < 4.78 is 0. The number of nitrogen functional groups attached to an aromatic ring is 1. The van der Waals surface area contributed by atoms with Crippen LogP contribution < -0.4 is 11.2 Å². The first-order valence-corrected chi connectivity index (χ1v) is 5.55. The van der Waals surface area contributed by atoms with E-state index in [1.165, 1.54) is 18.3 Å². The average molecular weight is 290 g/mol. The number of nitro groups is 1. The summed E-state index contributed by atoms with van der Waals surface area (Å²) in [5.41, 5.74) is 7.54. The van der Waals surface area contributed by atoms with E-state index in [4.69, 9.17) is 10.8 Å². The Labute approximate surface area is 117 Å². The molecule has 10 nitrogen and oxygen atoms in total. The number of phenols is 2. The van der Waals surface area contributed by atoms with E-state index >= 15 is 0 Å². The third-order valence-corrected chi connectivity index (χ3v) is 2.42. The van der Waals surface area contributed by atoms with Crippen molar-refractivity contribution in [2.75, 3.05) is 11.2 Å². The first kappa shape index (κ1) is 14.0. The van der Waals surface area contributed by atoms with Gasteiger partial charge < -0.3 is 15.9 Å². The van der Waals surface area contributed by atoms with E-state index in [-0.39, 0.29) is 23.1 Å². The van der Waals surface area contributed by atoms with Crippen molar-refractivity contribution >= 4 is 23.5 Å². The summed E-state index contributed by atoms with van der Waals surface area (Å²) in [5, 5.41) is 33.3. The van der Waals surface area contributed by atoms with Crippen molar-refractivity contribution in [2.45, 2.75) is 0 Å². The number of hydrazone groups is 1. The molecule has 2 rings (SSSR count). The van der Waals surface area contributed by atoms with Crippen molar-refractivity contribution in [3.63, 3.8) is 0 Å². The van der Waals surface area contributed by atoms with Crippen molar-refractivity contribution in [3.8, 4) is 11.5 Å². The summed E-state index contributed by atoms with van der Waals surface area (Å²) in [7, 11) is 0. The highest BCUT2D eigenvalue weighted by atomic mass is 16.6. The zero-order valence-electron chi connectivity index (χ0n) is 10.5. The lowest BCUT2D eigenvalue weighted by atomic mass is 10.2. The molecular formula is C11H10N6O4. The van der Waals surface area contributed by atoms with Gasteiger partial charge in [0, 0.05) is 11.6 Å². The molecule has 0 saturated carbocycles. The number of aromatic hydroxyl groups is 2. The fourth-order valence-electron chi connectivity index (χ4n) is 1.46. The predicted molar refractivity (Wildman–Crippen MR) is 74.1 cm³/mol. The molecule has 2 aromatic rings. The number of rotatable bonds is 4. The molecule has 0 atom stereocenters. The fraction of sp³-hybridized carbons (Fsp3) is 0. The number of nitrogens with one attached hydrogen (secondary N) is 1.